The summed E-state index contributed by atoms with van der Waals surface area (Å²) >= 11 is 0. The monoisotopic (exact) mass is 268 g/mol. The van der Waals surface area contributed by atoms with E-state index in [0.717, 1.165) is 11.3 Å². The second kappa shape index (κ2) is 5.65. The molecule has 0 bridgehead atoms. The number of aromatic nitrogens is 1. The van der Waals surface area contributed by atoms with Crippen molar-refractivity contribution in [2.75, 3.05) is 5.32 Å². The molecule has 1 heterocycles. The Bertz CT molecular complexity index is 661. The van der Waals surface area contributed by atoms with E-state index in [0.29, 0.717) is 16.8 Å². The standard InChI is InChI=1S/C16H16N2O2/c1-10-5-4-6-14(15(10)12(3)19)18-16(20)13-8-7-11(2)17-9-13/h4-9H,1-3H3,(H,18,20). The van der Waals surface area contributed by atoms with Gasteiger partial charge in [0, 0.05) is 17.5 Å². The van der Waals surface area contributed by atoms with E-state index in [1.807, 2.05) is 26.0 Å². The number of rotatable bonds is 3. The molecule has 1 amide bonds. The summed E-state index contributed by atoms with van der Waals surface area (Å²) in [4.78, 5) is 27.9. The van der Waals surface area contributed by atoms with Crippen molar-refractivity contribution in [3.63, 3.8) is 0 Å². The van der Waals surface area contributed by atoms with Crippen LogP contribution in [0.3, 0.4) is 0 Å². The lowest BCUT2D eigenvalue weighted by Gasteiger charge is -2.11. The third-order valence-corrected chi connectivity index (χ3v) is 3.05. The number of carbonyl (C=O) groups is 2. The van der Waals surface area contributed by atoms with Gasteiger partial charge in [-0.3, -0.25) is 14.6 Å². The van der Waals surface area contributed by atoms with Crippen molar-refractivity contribution in [2.24, 2.45) is 0 Å². The van der Waals surface area contributed by atoms with Crippen LogP contribution in [0.5, 0.6) is 0 Å². The molecule has 1 aromatic carbocycles. The Labute approximate surface area is 117 Å². The van der Waals surface area contributed by atoms with E-state index in [9.17, 15) is 9.59 Å². The maximum Gasteiger partial charge on any atom is 0.257 e. The van der Waals surface area contributed by atoms with E-state index >= 15 is 0 Å². The van der Waals surface area contributed by atoms with Crippen molar-refractivity contribution in [3.8, 4) is 0 Å². The highest BCUT2D eigenvalue weighted by atomic mass is 16.1. The van der Waals surface area contributed by atoms with Gasteiger partial charge in [0.15, 0.2) is 5.78 Å². The summed E-state index contributed by atoms with van der Waals surface area (Å²) in [5, 5.41) is 2.77. The Morgan fingerprint density at radius 3 is 2.45 bits per heavy atom. The van der Waals surface area contributed by atoms with Crippen molar-refractivity contribution in [2.45, 2.75) is 20.8 Å². The van der Waals surface area contributed by atoms with E-state index in [1.165, 1.54) is 13.1 Å². The molecule has 0 radical (unpaired) electrons. The minimum atomic E-state index is -0.273. The van der Waals surface area contributed by atoms with Gasteiger partial charge in [-0.1, -0.05) is 12.1 Å². The van der Waals surface area contributed by atoms with Crippen molar-refractivity contribution in [1.29, 1.82) is 0 Å². The fraction of sp³-hybridized carbons (Fsp3) is 0.188. The molecule has 0 saturated carbocycles. The van der Waals surface area contributed by atoms with E-state index in [4.69, 9.17) is 0 Å². The zero-order chi connectivity index (χ0) is 14.7. The molecule has 2 aromatic rings. The Balaban J connectivity index is 2.30. The topological polar surface area (TPSA) is 59.1 Å². The number of carbonyl (C=O) groups excluding carboxylic acids is 2. The highest BCUT2D eigenvalue weighted by Crippen LogP contribution is 2.20. The van der Waals surface area contributed by atoms with Gasteiger partial charge in [-0.15, -0.1) is 0 Å². The fourth-order valence-electron chi connectivity index (χ4n) is 2.04. The molecule has 4 nitrogen and oxygen atoms in total. The maximum absolute atomic E-state index is 12.1. The molecule has 0 atom stereocenters. The molecule has 0 spiro atoms. The predicted octanol–water partition coefficient (Wildman–Crippen LogP) is 3.15. The van der Waals surface area contributed by atoms with Crippen LogP contribution in [0.1, 0.15) is 38.9 Å². The number of hydrogen-bond donors (Lipinski definition) is 1. The third-order valence-electron chi connectivity index (χ3n) is 3.05. The van der Waals surface area contributed by atoms with Crippen LogP contribution in [0.25, 0.3) is 0 Å². The number of pyridine rings is 1. The maximum atomic E-state index is 12.1. The predicted molar refractivity (Wildman–Crippen MR) is 78.1 cm³/mol. The van der Waals surface area contributed by atoms with Gasteiger partial charge < -0.3 is 5.32 Å². The van der Waals surface area contributed by atoms with Crippen LogP contribution in [0, 0.1) is 13.8 Å². The van der Waals surface area contributed by atoms with Crippen LogP contribution in [-0.2, 0) is 0 Å². The fourth-order valence-corrected chi connectivity index (χ4v) is 2.04. The van der Waals surface area contributed by atoms with Crippen LogP contribution >= 0.6 is 0 Å². The van der Waals surface area contributed by atoms with E-state index in [2.05, 4.69) is 10.3 Å². The summed E-state index contributed by atoms with van der Waals surface area (Å²) < 4.78 is 0. The molecule has 0 unspecified atom stereocenters. The lowest BCUT2D eigenvalue weighted by molar-refractivity contribution is 0.101. The van der Waals surface area contributed by atoms with Crippen molar-refractivity contribution >= 4 is 17.4 Å². The van der Waals surface area contributed by atoms with Gasteiger partial charge in [-0.05, 0) is 44.5 Å². The first-order chi connectivity index (χ1) is 9.49. The number of benzene rings is 1. The van der Waals surface area contributed by atoms with Crippen molar-refractivity contribution < 1.29 is 9.59 Å². The second-order valence-electron chi connectivity index (χ2n) is 4.70. The summed E-state index contributed by atoms with van der Waals surface area (Å²) in [6, 6.07) is 8.87. The highest BCUT2D eigenvalue weighted by molar-refractivity contribution is 6.09. The molecule has 0 saturated heterocycles. The highest BCUT2D eigenvalue weighted by Gasteiger charge is 2.13. The molecule has 102 valence electrons. The van der Waals surface area contributed by atoms with E-state index in [-0.39, 0.29) is 11.7 Å². The van der Waals surface area contributed by atoms with Crippen LogP contribution < -0.4 is 5.32 Å². The third kappa shape index (κ3) is 2.91. The van der Waals surface area contributed by atoms with Gasteiger partial charge in [-0.2, -0.15) is 0 Å². The zero-order valence-electron chi connectivity index (χ0n) is 11.7. The number of anilines is 1. The first-order valence-corrected chi connectivity index (χ1v) is 6.33. The Morgan fingerprint density at radius 1 is 1.10 bits per heavy atom. The molecule has 1 N–H and O–H groups in total. The lowest BCUT2D eigenvalue weighted by atomic mass is 10.0. The number of nitrogens with zero attached hydrogens (tertiary/aromatic N) is 1. The number of amides is 1. The Kier molecular flexibility index (Phi) is 3.94. The molecule has 0 aliphatic heterocycles. The smallest absolute Gasteiger partial charge is 0.257 e. The zero-order valence-corrected chi connectivity index (χ0v) is 11.7. The molecule has 4 heteroatoms. The lowest BCUT2D eigenvalue weighted by Crippen LogP contribution is -2.15. The van der Waals surface area contributed by atoms with Gasteiger partial charge in [0.2, 0.25) is 0 Å². The molecule has 20 heavy (non-hydrogen) atoms. The summed E-state index contributed by atoms with van der Waals surface area (Å²) in [7, 11) is 0. The van der Waals surface area contributed by atoms with Gasteiger partial charge in [-0.25, -0.2) is 0 Å². The summed E-state index contributed by atoms with van der Waals surface area (Å²) in [6.07, 6.45) is 1.52. The van der Waals surface area contributed by atoms with E-state index < -0.39 is 0 Å². The minimum absolute atomic E-state index is 0.0690. The molecule has 1 aromatic heterocycles. The normalized spacial score (nSPS) is 10.2. The number of ketones is 1. The average molecular weight is 268 g/mol. The molecular weight excluding hydrogens is 252 g/mol. The molecule has 2 rings (SSSR count). The Morgan fingerprint density at radius 2 is 1.85 bits per heavy atom. The summed E-state index contributed by atoms with van der Waals surface area (Å²) in [5.41, 5.74) is 3.23. The van der Waals surface area contributed by atoms with Gasteiger partial charge in [0.05, 0.1) is 11.3 Å². The molecule has 0 aliphatic rings. The second-order valence-corrected chi connectivity index (χ2v) is 4.70. The van der Waals surface area contributed by atoms with Crippen LogP contribution in [0.2, 0.25) is 0 Å². The largest absolute Gasteiger partial charge is 0.321 e. The van der Waals surface area contributed by atoms with Gasteiger partial charge >= 0.3 is 0 Å². The molecule has 0 aliphatic carbocycles. The first-order valence-electron chi connectivity index (χ1n) is 6.33. The van der Waals surface area contributed by atoms with E-state index in [1.54, 1.807) is 18.2 Å². The van der Waals surface area contributed by atoms with Gasteiger partial charge in [0.1, 0.15) is 0 Å². The summed E-state index contributed by atoms with van der Waals surface area (Å²) in [5.74, 6) is -0.342. The van der Waals surface area contributed by atoms with Crippen LogP contribution in [-0.4, -0.2) is 16.7 Å². The minimum Gasteiger partial charge on any atom is -0.321 e. The number of hydrogen-bond acceptors (Lipinski definition) is 3. The first kappa shape index (κ1) is 13.9. The summed E-state index contributed by atoms with van der Waals surface area (Å²) in [6.45, 7) is 5.20. The number of Topliss-reactive ketones (excluding diaryl/α,β-unsaturated/α-hetero) is 1. The van der Waals surface area contributed by atoms with Crippen LogP contribution in [0.15, 0.2) is 36.5 Å². The number of nitrogens with one attached hydrogen (secondary N) is 1. The number of aryl methyl sites for hydroxylation is 2. The van der Waals surface area contributed by atoms with Crippen molar-refractivity contribution in [3.05, 3.63) is 58.9 Å². The SMILES string of the molecule is CC(=O)c1c(C)cccc1NC(=O)c1ccc(C)nc1. The average Bonchev–Trinajstić information content (AvgIpc) is 2.39. The molecular formula is C16H16N2O2. The van der Waals surface area contributed by atoms with Crippen LogP contribution in [0.4, 0.5) is 5.69 Å². The quantitative estimate of drug-likeness (QED) is 0.870. The Hall–Kier alpha value is -2.49. The van der Waals surface area contributed by atoms with Crippen molar-refractivity contribution in [1.82, 2.24) is 4.98 Å². The van der Waals surface area contributed by atoms with Gasteiger partial charge in [0.25, 0.3) is 5.91 Å². The molecule has 0 fully saturated rings.